The van der Waals surface area contributed by atoms with Crippen LogP contribution in [0, 0.1) is 6.92 Å². The Morgan fingerprint density at radius 2 is 2.14 bits per heavy atom. The summed E-state index contributed by atoms with van der Waals surface area (Å²) in [6.07, 6.45) is 0.757. The number of benzene rings is 1. The maximum Gasteiger partial charge on any atom is 0.265 e. The number of nitrogens with zero attached hydrogens (tertiary/aromatic N) is 1. The fraction of sp³-hybridized carbons (Fsp3) is 0.308. The van der Waals surface area contributed by atoms with Crippen LogP contribution in [-0.2, 0) is 23.0 Å². The first-order valence-corrected chi connectivity index (χ1v) is 9.02. The van der Waals surface area contributed by atoms with E-state index in [1.165, 1.54) is 23.5 Å². The second kappa shape index (κ2) is 6.31. The van der Waals surface area contributed by atoms with Crippen LogP contribution in [0.3, 0.4) is 0 Å². The van der Waals surface area contributed by atoms with Gasteiger partial charge in [-0.1, -0.05) is 24.6 Å². The summed E-state index contributed by atoms with van der Waals surface area (Å²) >= 11 is 7.30. The van der Waals surface area contributed by atoms with Crippen molar-refractivity contribution in [2.75, 3.05) is 4.72 Å². The standard InChI is InChI=1S/C13H16ClN3O2S2/c1-3-11-8(2)20-13(16-11)17-21(18,19)12-6-9(7-15)4-5-10(12)14/h4-6H,3,7,15H2,1-2H3,(H,16,17). The third-order valence-corrected chi connectivity index (χ3v) is 5.85. The van der Waals surface area contributed by atoms with E-state index in [9.17, 15) is 8.42 Å². The van der Waals surface area contributed by atoms with Crippen LogP contribution < -0.4 is 10.5 Å². The number of halogens is 1. The number of hydrogen-bond donors (Lipinski definition) is 2. The predicted octanol–water partition coefficient (Wildman–Crippen LogP) is 2.93. The van der Waals surface area contributed by atoms with E-state index in [2.05, 4.69) is 9.71 Å². The summed E-state index contributed by atoms with van der Waals surface area (Å²) in [5, 5.41) is 0.502. The van der Waals surface area contributed by atoms with E-state index in [4.69, 9.17) is 17.3 Å². The van der Waals surface area contributed by atoms with E-state index >= 15 is 0 Å². The summed E-state index contributed by atoms with van der Waals surface area (Å²) in [7, 11) is -3.78. The number of anilines is 1. The first kappa shape index (κ1) is 16.2. The molecule has 1 heterocycles. The summed E-state index contributed by atoms with van der Waals surface area (Å²) in [5.74, 6) is 0. The molecule has 0 radical (unpaired) electrons. The van der Waals surface area contributed by atoms with Gasteiger partial charge in [-0.2, -0.15) is 0 Å². The Kier molecular flexibility index (Phi) is 4.88. The first-order valence-electron chi connectivity index (χ1n) is 6.35. The zero-order chi connectivity index (χ0) is 15.6. The maximum atomic E-state index is 12.4. The molecule has 1 aromatic heterocycles. The van der Waals surface area contributed by atoms with Crippen molar-refractivity contribution in [1.82, 2.24) is 4.98 Å². The molecule has 5 nitrogen and oxygen atoms in total. The van der Waals surface area contributed by atoms with Gasteiger partial charge < -0.3 is 5.73 Å². The largest absolute Gasteiger partial charge is 0.326 e. The van der Waals surface area contributed by atoms with Gasteiger partial charge in [0.2, 0.25) is 0 Å². The van der Waals surface area contributed by atoms with Crippen LogP contribution in [0.25, 0.3) is 0 Å². The molecule has 0 aliphatic carbocycles. The lowest BCUT2D eigenvalue weighted by atomic mass is 10.2. The lowest BCUT2D eigenvalue weighted by molar-refractivity contribution is 0.601. The summed E-state index contributed by atoms with van der Waals surface area (Å²) < 4.78 is 27.3. The van der Waals surface area contributed by atoms with Crippen molar-refractivity contribution in [3.8, 4) is 0 Å². The van der Waals surface area contributed by atoms with Gasteiger partial charge in [0.25, 0.3) is 10.0 Å². The third kappa shape index (κ3) is 3.55. The van der Waals surface area contributed by atoms with Crippen LogP contribution in [0.2, 0.25) is 5.02 Å². The smallest absolute Gasteiger partial charge is 0.265 e. The Labute approximate surface area is 133 Å². The Balaban J connectivity index is 2.37. The molecule has 2 rings (SSSR count). The number of nitrogens with one attached hydrogen (secondary N) is 1. The summed E-state index contributed by atoms with van der Waals surface area (Å²) in [5.41, 5.74) is 7.12. The number of rotatable bonds is 5. The van der Waals surface area contributed by atoms with Crippen molar-refractivity contribution in [3.05, 3.63) is 39.4 Å². The Morgan fingerprint density at radius 3 is 2.71 bits per heavy atom. The molecule has 0 saturated heterocycles. The highest BCUT2D eigenvalue weighted by Crippen LogP contribution is 2.28. The minimum atomic E-state index is -3.78. The van der Waals surface area contributed by atoms with Gasteiger partial charge in [0, 0.05) is 11.4 Å². The van der Waals surface area contributed by atoms with Crippen LogP contribution in [0.4, 0.5) is 5.13 Å². The van der Waals surface area contributed by atoms with Gasteiger partial charge in [0.1, 0.15) is 4.90 Å². The highest BCUT2D eigenvalue weighted by atomic mass is 35.5. The fourth-order valence-electron chi connectivity index (χ4n) is 1.85. The molecule has 0 atom stereocenters. The SMILES string of the molecule is CCc1nc(NS(=O)(=O)c2cc(CN)ccc2Cl)sc1C. The molecular formula is C13H16ClN3O2S2. The van der Waals surface area contributed by atoms with Gasteiger partial charge in [-0.25, -0.2) is 13.4 Å². The summed E-state index contributed by atoms with van der Waals surface area (Å²) in [6.45, 7) is 4.13. The van der Waals surface area contributed by atoms with E-state index in [0.717, 1.165) is 17.0 Å². The number of nitrogens with two attached hydrogens (primary N) is 1. The molecule has 2 aromatic rings. The van der Waals surface area contributed by atoms with E-state index in [-0.39, 0.29) is 16.5 Å². The third-order valence-electron chi connectivity index (χ3n) is 2.97. The first-order chi connectivity index (χ1) is 9.87. The molecule has 21 heavy (non-hydrogen) atoms. The molecule has 0 saturated carbocycles. The number of aromatic nitrogens is 1. The minimum Gasteiger partial charge on any atom is -0.326 e. The van der Waals surface area contributed by atoms with Gasteiger partial charge in [-0.3, -0.25) is 4.72 Å². The zero-order valence-electron chi connectivity index (χ0n) is 11.7. The van der Waals surface area contributed by atoms with Gasteiger partial charge in [-0.15, -0.1) is 11.3 Å². The highest BCUT2D eigenvalue weighted by Gasteiger charge is 2.20. The molecule has 0 unspecified atom stereocenters. The summed E-state index contributed by atoms with van der Waals surface area (Å²) in [6, 6.07) is 4.71. The second-order valence-corrected chi connectivity index (χ2v) is 7.71. The quantitative estimate of drug-likeness (QED) is 0.872. The van der Waals surface area contributed by atoms with Crippen molar-refractivity contribution in [2.24, 2.45) is 5.73 Å². The fourth-order valence-corrected chi connectivity index (χ4v) is 4.54. The topological polar surface area (TPSA) is 85.1 Å². The Morgan fingerprint density at radius 1 is 1.43 bits per heavy atom. The Bertz CT molecular complexity index is 757. The van der Waals surface area contributed by atoms with Gasteiger partial charge in [0.05, 0.1) is 10.7 Å². The molecule has 0 spiro atoms. The highest BCUT2D eigenvalue weighted by molar-refractivity contribution is 7.93. The van der Waals surface area contributed by atoms with Crippen LogP contribution in [0.5, 0.6) is 0 Å². The van der Waals surface area contributed by atoms with Crippen LogP contribution in [0.1, 0.15) is 23.1 Å². The maximum absolute atomic E-state index is 12.4. The normalized spacial score (nSPS) is 11.6. The lowest BCUT2D eigenvalue weighted by Crippen LogP contribution is -2.14. The molecule has 0 amide bonds. The number of aryl methyl sites for hydroxylation is 2. The van der Waals surface area contributed by atoms with E-state index in [1.54, 1.807) is 6.07 Å². The monoisotopic (exact) mass is 345 g/mol. The van der Waals surface area contributed by atoms with Gasteiger partial charge >= 0.3 is 0 Å². The summed E-state index contributed by atoms with van der Waals surface area (Å²) in [4.78, 5) is 5.28. The van der Waals surface area contributed by atoms with Crippen LogP contribution in [0.15, 0.2) is 23.1 Å². The average molecular weight is 346 g/mol. The molecular weight excluding hydrogens is 330 g/mol. The van der Waals surface area contributed by atoms with Crippen molar-refractivity contribution in [1.29, 1.82) is 0 Å². The average Bonchev–Trinajstić information content (AvgIpc) is 2.78. The van der Waals surface area contributed by atoms with Gasteiger partial charge in [-0.05, 0) is 31.0 Å². The number of sulfonamides is 1. The van der Waals surface area contributed by atoms with Crippen LogP contribution >= 0.6 is 22.9 Å². The molecule has 1 aromatic carbocycles. The lowest BCUT2D eigenvalue weighted by Gasteiger charge is -2.08. The van der Waals surface area contributed by atoms with Crippen molar-refractivity contribution >= 4 is 38.1 Å². The molecule has 0 fully saturated rings. The molecule has 114 valence electrons. The molecule has 3 N–H and O–H groups in total. The minimum absolute atomic E-state index is 0.0121. The zero-order valence-corrected chi connectivity index (χ0v) is 14.1. The number of hydrogen-bond acceptors (Lipinski definition) is 5. The van der Waals surface area contributed by atoms with Crippen LogP contribution in [-0.4, -0.2) is 13.4 Å². The van der Waals surface area contributed by atoms with E-state index < -0.39 is 10.0 Å². The van der Waals surface area contributed by atoms with Crippen molar-refractivity contribution in [3.63, 3.8) is 0 Å². The molecule has 0 aliphatic rings. The van der Waals surface area contributed by atoms with E-state index in [0.29, 0.717) is 10.7 Å². The molecule has 8 heteroatoms. The van der Waals surface area contributed by atoms with E-state index in [1.807, 2.05) is 13.8 Å². The predicted molar refractivity (Wildman–Crippen MR) is 86.4 cm³/mol. The second-order valence-electron chi connectivity index (χ2n) is 4.45. The molecule has 0 bridgehead atoms. The Hall–Kier alpha value is -1.15. The van der Waals surface area contributed by atoms with Crippen molar-refractivity contribution < 1.29 is 8.42 Å². The van der Waals surface area contributed by atoms with Crippen molar-refractivity contribution in [2.45, 2.75) is 31.7 Å². The number of thiazole rings is 1. The van der Waals surface area contributed by atoms with Gasteiger partial charge in [0.15, 0.2) is 5.13 Å². The molecule has 0 aliphatic heterocycles.